The van der Waals surface area contributed by atoms with Crippen LogP contribution in [0.2, 0.25) is 0 Å². The largest absolute Gasteiger partial charge is 0.379 e. The number of amides is 3. The van der Waals surface area contributed by atoms with Crippen molar-refractivity contribution in [3.63, 3.8) is 0 Å². The molecule has 1 fully saturated rings. The number of morpholine rings is 1. The van der Waals surface area contributed by atoms with Crippen molar-refractivity contribution in [3.05, 3.63) is 0 Å². The molecule has 0 unspecified atom stereocenters. The molecular weight excluding hydrogens is 420 g/mol. The fraction of sp³-hybridized carbons (Fsp3) is 0.857. The third kappa shape index (κ3) is 8.96. The van der Waals surface area contributed by atoms with Gasteiger partial charge in [0.1, 0.15) is 6.04 Å². The summed E-state index contributed by atoms with van der Waals surface area (Å²) >= 11 is 1.41. The van der Waals surface area contributed by atoms with E-state index in [0.717, 1.165) is 19.6 Å². The van der Waals surface area contributed by atoms with Gasteiger partial charge in [-0.1, -0.05) is 6.92 Å². The first-order valence-electron chi connectivity index (χ1n) is 10.8. The predicted molar refractivity (Wildman–Crippen MR) is 123 cm³/mol. The van der Waals surface area contributed by atoms with Crippen LogP contribution in [0.3, 0.4) is 0 Å². The molecule has 1 rings (SSSR count). The Kier molecular flexibility index (Phi) is 11.8. The van der Waals surface area contributed by atoms with Gasteiger partial charge in [-0.15, -0.1) is 11.8 Å². The summed E-state index contributed by atoms with van der Waals surface area (Å²) in [5.74, 6) is -0.324. The summed E-state index contributed by atoms with van der Waals surface area (Å²) in [6.07, 6.45) is 1.33. The third-order valence-electron chi connectivity index (χ3n) is 5.59. The van der Waals surface area contributed by atoms with E-state index in [0.29, 0.717) is 31.8 Å². The minimum Gasteiger partial charge on any atom is -0.379 e. The SMILES string of the molecule is CCCC(=O)N(C)[C@H](SCCN1CCOCC1)C(=O)N(C)[C@@H](CC(C)(C)OC)C(N)=O. The van der Waals surface area contributed by atoms with E-state index < -0.39 is 22.9 Å². The zero-order valence-corrected chi connectivity index (χ0v) is 20.7. The van der Waals surface area contributed by atoms with Crippen LogP contribution in [-0.4, -0.2) is 109 Å². The van der Waals surface area contributed by atoms with Crippen LogP contribution in [0.4, 0.5) is 0 Å². The average molecular weight is 461 g/mol. The minimum absolute atomic E-state index is 0.0963. The van der Waals surface area contributed by atoms with E-state index in [-0.39, 0.29) is 18.2 Å². The highest BCUT2D eigenvalue weighted by Crippen LogP contribution is 2.23. The van der Waals surface area contributed by atoms with Crippen LogP contribution in [-0.2, 0) is 23.9 Å². The minimum atomic E-state index is -0.834. The maximum Gasteiger partial charge on any atom is 0.256 e. The van der Waals surface area contributed by atoms with Crippen molar-refractivity contribution in [2.45, 2.75) is 57.1 Å². The molecule has 1 aliphatic heterocycles. The molecule has 0 aliphatic carbocycles. The van der Waals surface area contributed by atoms with Gasteiger partial charge in [0.05, 0.1) is 18.8 Å². The Labute approximate surface area is 190 Å². The van der Waals surface area contributed by atoms with E-state index in [1.165, 1.54) is 21.6 Å². The van der Waals surface area contributed by atoms with Crippen LogP contribution in [0.5, 0.6) is 0 Å². The molecular formula is C21H40N4O5S. The number of thioether (sulfide) groups is 1. The summed E-state index contributed by atoms with van der Waals surface area (Å²) in [6, 6.07) is -0.834. The lowest BCUT2D eigenvalue weighted by atomic mass is 9.97. The molecule has 9 nitrogen and oxygen atoms in total. The van der Waals surface area contributed by atoms with Crippen LogP contribution < -0.4 is 5.73 Å². The highest BCUT2D eigenvalue weighted by atomic mass is 32.2. The van der Waals surface area contributed by atoms with Gasteiger partial charge in [0, 0.05) is 59.4 Å². The van der Waals surface area contributed by atoms with Crippen molar-refractivity contribution in [1.29, 1.82) is 0 Å². The topological polar surface area (TPSA) is 105 Å². The molecule has 0 bridgehead atoms. The molecule has 0 saturated carbocycles. The van der Waals surface area contributed by atoms with Gasteiger partial charge >= 0.3 is 0 Å². The highest BCUT2D eigenvalue weighted by Gasteiger charge is 2.37. The molecule has 0 aromatic heterocycles. The molecule has 180 valence electrons. The van der Waals surface area contributed by atoms with Crippen molar-refractivity contribution in [2.75, 3.05) is 59.8 Å². The molecule has 10 heteroatoms. The lowest BCUT2D eigenvalue weighted by molar-refractivity contribution is -0.145. The van der Waals surface area contributed by atoms with Crippen molar-refractivity contribution in [1.82, 2.24) is 14.7 Å². The van der Waals surface area contributed by atoms with Crippen LogP contribution >= 0.6 is 11.8 Å². The van der Waals surface area contributed by atoms with Crippen molar-refractivity contribution < 1.29 is 23.9 Å². The van der Waals surface area contributed by atoms with Gasteiger partial charge in [-0.3, -0.25) is 19.3 Å². The lowest BCUT2D eigenvalue weighted by Crippen LogP contribution is -2.54. The number of carbonyl (C=O) groups is 3. The Morgan fingerprint density at radius 2 is 1.81 bits per heavy atom. The smallest absolute Gasteiger partial charge is 0.256 e. The van der Waals surface area contributed by atoms with Crippen molar-refractivity contribution >= 4 is 29.5 Å². The Morgan fingerprint density at radius 1 is 1.19 bits per heavy atom. The van der Waals surface area contributed by atoms with Gasteiger partial charge < -0.3 is 25.0 Å². The second-order valence-electron chi connectivity index (χ2n) is 8.47. The average Bonchev–Trinajstić information content (AvgIpc) is 2.74. The first-order valence-corrected chi connectivity index (χ1v) is 11.9. The molecule has 1 aliphatic rings. The summed E-state index contributed by atoms with van der Waals surface area (Å²) in [4.78, 5) is 43.3. The molecule has 1 saturated heterocycles. The second-order valence-corrected chi connectivity index (χ2v) is 9.66. The molecule has 1 heterocycles. The molecule has 0 radical (unpaired) electrons. The zero-order chi connectivity index (χ0) is 23.6. The van der Waals surface area contributed by atoms with Crippen LogP contribution in [0, 0.1) is 0 Å². The first-order chi connectivity index (χ1) is 14.5. The molecule has 0 aromatic rings. The summed E-state index contributed by atoms with van der Waals surface area (Å²) in [5, 5.41) is -0.724. The lowest BCUT2D eigenvalue weighted by Gasteiger charge is -2.36. The van der Waals surface area contributed by atoms with Crippen LogP contribution in [0.1, 0.15) is 40.0 Å². The maximum absolute atomic E-state index is 13.4. The standard InChI is InChI=1S/C21H40N4O5S/c1-7-8-17(26)24(5)20(31-14-11-25-9-12-30-13-10-25)19(28)23(4)16(18(22)27)15-21(2,3)29-6/h16,20H,7-15H2,1-6H3,(H2,22,27)/t16-,20+/m0/s1. The monoisotopic (exact) mass is 460 g/mol. The Bertz CT molecular complexity index is 598. The number of nitrogens with two attached hydrogens (primary N) is 1. The fourth-order valence-electron chi connectivity index (χ4n) is 3.29. The Balaban J connectivity index is 2.94. The van der Waals surface area contributed by atoms with E-state index >= 15 is 0 Å². The molecule has 3 amide bonds. The van der Waals surface area contributed by atoms with Crippen LogP contribution in [0.25, 0.3) is 0 Å². The predicted octanol–water partition coefficient (Wildman–Crippen LogP) is 0.764. The number of methoxy groups -OCH3 is 1. The summed E-state index contributed by atoms with van der Waals surface area (Å²) in [6.45, 7) is 9.54. The summed E-state index contributed by atoms with van der Waals surface area (Å²) in [5.41, 5.74) is 5.00. The third-order valence-corrected chi connectivity index (χ3v) is 6.84. The van der Waals surface area contributed by atoms with Gasteiger partial charge in [-0.25, -0.2) is 0 Å². The Morgan fingerprint density at radius 3 is 2.32 bits per heavy atom. The number of carbonyl (C=O) groups excluding carboxylic acids is 3. The molecule has 0 spiro atoms. The zero-order valence-electron chi connectivity index (χ0n) is 19.9. The fourth-order valence-corrected chi connectivity index (χ4v) is 4.53. The quantitative estimate of drug-likeness (QED) is 0.405. The normalized spacial score (nSPS) is 17.1. The first kappa shape index (κ1) is 27.7. The van der Waals surface area contributed by atoms with Crippen molar-refractivity contribution in [2.24, 2.45) is 5.73 Å². The van der Waals surface area contributed by atoms with Gasteiger partial charge in [0.25, 0.3) is 5.91 Å². The van der Waals surface area contributed by atoms with Gasteiger partial charge in [0.2, 0.25) is 11.8 Å². The van der Waals surface area contributed by atoms with E-state index in [2.05, 4.69) is 4.90 Å². The molecule has 31 heavy (non-hydrogen) atoms. The number of rotatable bonds is 13. The second kappa shape index (κ2) is 13.2. The molecule has 0 aromatic carbocycles. The van der Waals surface area contributed by atoms with E-state index in [9.17, 15) is 14.4 Å². The number of hydrogen-bond acceptors (Lipinski definition) is 7. The maximum atomic E-state index is 13.4. The van der Waals surface area contributed by atoms with Gasteiger partial charge in [-0.05, 0) is 20.3 Å². The van der Waals surface area contributed by atoms with Gasteiger partial charge in [0.15, 0.2) is 5.37 Å². The number of nitrogens with zero attached hydrogens (tertiary/aromatic N) is 3. The van der Waals surface area contributed by atoms with E-state index in [4.69, 9.17) is 15.2 Å². The van der Waals surface area contributed by atoms with Crippen molar-refractivity contribution in [3.8, 4) is 0 Å². The molecule has 2 N–H and O–H groups in total. The van der Waals surface area contributed by atoms with Gasteiger partial charge in [-0.2, -0.15) is 0 Å². The number of primary amides is 1. The summed E-state index contributed by atoms with van der Waals surface area (Å²) < 4.78 is 10.8. The number of likely N-dealkylation sites (N-methyl/N-ethyl adjacent to an activating group) is 2. The van der Waals surface area contributed by atoms with E-state index in [1.807, 2.05) is 20.8 Å². The van der Waals surface area contributed by atoms with E-state index in [1.54, 1.807) is 21.2 Å². The molecule has 2 atom stereocenters. The highest BCUT2D eigenvalue weighted by molar-refractivity contribution is 8.00. The number of hydrogen-bond donors (Lipinski definition) is 1. The number of ether oxygens (including phenoxy) is 2. The van der Waals surface area contributed by atoms with Crippen LogP contribution in [0.15, 0.2) is 0 Å². The Hall–Kier alpha value is -1.36. The summed E-state index contributed by atoms with van der Waals surface area (Å²) in [7, 11) is 4.77.